The number of aliphatic hydroxyl groups excluding tert-OH is 8. The van der Waals surface area contributed by atoms with Crippen LogP contribution < -0.4 is 5.32 Å². The monoisotopic (exact) mass is 1170 g/mol. The molecule has 2 rings (SSSR count). The predicted molar refractivity (Wildman–Crippen MR) is 332 cm³/mol. The van der Waals surface area contributed by atoms with E-state index in [2.05, 4.69) is 43.5 Å². The number of unbranched alkanes of at least 4 members (excludes halogenated alkanes) is 39. The van der Waals surface area contributed by atoms with Gasteiger partial charge in [0.05, 0.1) is 32.0 Å². The third-order valence-corrected chi connectivity index (χ3v) is 16.8. The van der Waals surface area contributed by atoms with E-state index in [1.807, 2.05) is 6.08 Å². The standard InChI is InChI=1S/C68H127NO13/c1-3-5-7-9-11-13-15-17-18-19-20-21-22-23-24-25-26-27-28-29-30-31-32-33-34-35-36-37-38-39-40-42-44-46-48-50-52-60(73)69-56(57(72)51-49-47-45-43-41-16-14-12-10-8-6-4-2)55-79-67-65(78)63(76)66(59(54-71)81-67)82-68-64(77)62(75)61(74)58(53-70)80-68/h10,12,41,43,49,51,56-59,61-68,70-72,74-78H,3-9,11,13-40,42,44-48,50,52-55H2,1-2H3,(H,69,73)/b12-10+,43-41+,51-49+. The Hall–Kier alpha value is -1.79. The summed E-state index contributed by atoms with van der Waals surface area (Å²) >= 11 is 0. The van der Waals surface area contributed by atoms with Crippen LogP contribution in [0.5, 0.6) is 0 Å². The van der Waals surface area contributed by atoms with Gasteiger partial charge in [-0.2, -0.15) is 0 Å². The molecule has 12 atom stereocenters. The number of carbonyl (C=O) groups excluding carboxylic acids is 1. The van der Waals surface area contributed by atoms with Crippen LogP contribution in [0.1, 0.15) is 296 Å². The van der Waals surface area contributed by atoms with Crippen molar-refractivity contribution in [2.75, 3.05) is 19.8 Å². The summed E-state index contributed by atoms with van der Waals surface area (Å²) in [6.07, 6.45) is 51.1. The van der Waals surface area contributed by atoms with Gasteiger partial charge >= 0.3 is 0 Å². The zero-order valence-electron chi connectivity index (χ0n) is 52.2. The Labute approximate surface area is 500 Å². The molecule has 0 saturated carbocycles. The Kier molecular flexibility index (Phi) is 49.7. The van der Waals surface area contributed by atoms with E-state index < -0.39 is 86.8 Å². The van der Waals surface area contributed by atoms with E-state index in [4.69, 9.17) is 18.9 Å². The minimum Gasteiger partial charge on any atom is -0.394 e. The molecule has 0 aliphatic carbocycles. The summed E-state index contributed by atoms with van der Waals surface area (Å²) in [5.74, 6) is -0.250. The number of aliphatic hydroxyl groups is 8. The molecule has 14 nitrogen and oxygen atoms in total. The Bertz CT molecular complexity index is 1510. The molecule has 0 aromatic heterocycles. The van der Waals surface area contributed by atoms with E-state index in [-0.39, 0.29) is 18.9 Å². The summed E-state index contributed by atoms with van der Waals surface area (Å²) < 4.78 is 22.7. The van der Waals surface area contributed by atoms with Gasteiger partial charge in [0.1, 0.15) is 48.8 Å². The minimum absolute atomic E-state index is 0.250. The van der Waals surface area contributed by atoms with Crippen LogP contribution in [-0.4, -0.2) is 140 Å². The van der Waals surface area contributed by atoms with E-state index in [1.54, 1.807) is 6.08 Å². The molecule has 0 spiro atoms. The summed E-state index contributed by atoms with van der Waals surface area (Å²) in [5, 5.41) is 87.0. The van der Waals surface area contributed by atoms with Crippen molar-refractivity contribution in [1.82, 2.24) is 5.32 Å². The first-order valence-electron chi connectivity index (χ1n) is 34.2. The lowest BCUT2D eigenvalue weighted by Crippen LogP contribution is -2.65. The van der Waals surface area contributed by atoms with E-state index in [1.165, 1.54) is 218 Å². The third-order valence-electron chi connectivity index (χ3n) is 16.8. The molecule has 2 heterocycles. The summed E-state index contributed by atoms with van der Waals surface area (Å²) in [5.41, 5.74) is 0. The zero-order valence-corrected chi connectivity index (χ0v) is 52.2. The highest BCUT2D eigenvalue weighted by Crippen LogP contribution is 2.30. The number of allylic oxidation sites excluding steroid dienone is 5. The van der Waals surface area contributed by atoms with Crippen LogP contribution in [0.15, 0.2) is 36.5 Å². The fraction of sp³-hybridized carbons (Fsp3) is 0.897. The van der Waals surface area contributed by atoms with Gasteiger partial charge in [-0.3, -0.25) is 4.79 Å². The number of ether oxygens (including phenoxy) is 4. The Morgan fingerprint density at radius 1 is 0.427 bits per heavy atom. The summed E-state index contributed by atoms with van der Waals surface area (Å²) in [6.45, 7) is 2.74. The number of carbonyl (C=O) groups is 1. The van der Waals surface area contributed by atoms with Crippen LogP contribution in [0.25, 0.3) is 0 Å². The average Bonchev–Trinajstić information content (AvgIpc) is 3.57. The quantitative estimate of drug-likeness (QED) is 0.0204. The van der Waals surface area contributed by atoms with Crippen LogP contribution in [0.4, 0.5) is 0 Å². The molecule has 0 aromatic rings. The lowest BCUT2D eigenvalue weighted by molar-refractivity contribution is -0.359. The molecular weight excluding hydrogens is 1040 g/mol. The van der Waals surface area contributed by atoms with Crippen molar-refractivity contribution in [2.45, 2.75) is 370 Å². The molecule has 0 bridgehead atoms. The molecule has 482 valence electrons. The Morgan fingerprint density at radius 3 is 1.18 bits per heavy atom. The van der Waals surface area contributed by atoms with Gasteiger partial charge < -0.3 is 65.1 Å². The number of rotatable bonds is 56. The molecule has 14 heteroatoms. The van der Waals surface area contributed by atoms with Gasteiger partial charge in [0.2, 0.25) is 5.91 Å². The van der Waals surface area contributed by atoms with Gasteiger partial charge in [-0.1, -0.05) is 288 Å². The number of amides is 1. The molecule has 2 aliphatic heterocycles. The molecule has 0 aromatic carbocycles. The van der Waals surface area contributed by atoms with Gasteiger partial charge in [0.15, 0.2) is 12.6 Å². The maximum atomic E-state index is 13.3. The van der Waals surface area contributed by atoms with Gasteiger partial charge in [0, 0.05) is 6.42 Å². The summed E-state index contributed by atoms with van der Waals surface area (Å²) in [4.78, 5) is 13.3. The second-order valence-electron chi connectivity index (χ2n) is 24.3. The van der Waals surface area contributed by atoms with Crippen molar-refractivity contribution in [3.63, 3.8) is 0 Å². The van der Waals surface area contributed by atoms with Gasteiger partial charge in [-0.05, 0) is 38.5 Å². The van der Waals surface area contributed by atoms with Crippen molar-refractivity contribution >= 4 is 5.91 Å². The fourth-order valence-corrected chi connectivity index (χ4v) is 11.3. The van der Waals surface area contributed by atoms with Crippen molar-refractivity contribution in [2.24, 2.45) is 0 Å². The lowest BCUT2D eigenvalue weighted by atomic mass is 9.97. The second kappa shape index (κ2) is 53.4. The van der Waals surface area contributed by atoms with Crippen LogP contribution in [0, 0.1) is 0 Å². The van der Waals surface area contributed by atoms with Gasteiger partial charge in [-0.25, -0.2) is 0 Å². The van der Waals surface area contributed by atoms with Crippen LogP contribution in [-0.2, 0) is 23.7 Å². The first-order valence-corrected chi connectivity index (χ1v) is 34.2. The Balaban J connectivity index is 1.57. The highest BCUT2D eigenvalue weighted by molar-refractivity contribution is 5.76. The van der Waals surface area contributed by atoms with E-state index >= 15 is 0 Å². The van der Waals surface area contributed by atoms with Crippen LogP contribution >= 0.6 is 0 Å². The summed E-state index contributed by atoms with van der Waals surface area (Å²) in [6, 6.07) is -0.935. The molecule has 2 aliphatic rings. The van der Waals surface area contributed by atoms with Crippen LogP contribution in [0.2, 0.25) is 0 Å². The fourth-order valence-electron chi connectivity index (χ4n) is 11.3. The average molecular weight is 1170 g/mol. The third kappa shape index (κ3) is 37.7. The minimum atomic E-state index is -1.79. The number of nitrogens with one attached hydrogen (secondary N) is 1. The van der Waals surface area contributed by atoms with E-state index in [0.717, 1.165) is 44.9 Å². The molecule has 82 heavy (non-hydrogen) atoms. The number of hydrogen-bond acceptors (Lipinski definition) is 13. The van der Waals surface area contributed by atoms with Gasteiger partial charge in [0.25, 0.3) is 0 Å². The van der Waals surface area contributed by atoms with Crippen molar-refractivity contribution in [1.29, 1.82) is 0 Å². The molecule has 12 unspecified atom stereocenters. The Morgan fingerprint density at radius 2 is 0.780 bits per heavy atom. The molecule has 9 N–H and O–H groups in total. The van der Waals surface area contributed by atoms with Gasteiger partial charge in [-0.15, -0.1) is 0 Å². The topological polar surface area (TPSA) is 228 Å². The van der Waals surface area contributed by atoms with Crippen molar-refractivity contribution < 1.29 is 64.6 Å². The van der Waals surface area contributed by atoms with Crippen molar-refractivity contribution in [3.05, 3.63) is 36.5 Å². The molecule has 0 radical (unpaired) electrons. The zero-order chi connectivity index (χ0) is 59.5. The van der Waals surface area contributed by atoms with Crippen LogP contribution in [0.3, 0.4) is 0 Å². The normalized spacial score (nSPS) is 24.1. The lowest BCUT2D eigenvalue weighted by Gasteiger charge is -2.46. The molecular formula is C68H127NO13. The molecule has 2 fully saturated rings. The predicted octanol–water partition coefficient (Wildman–Crippen LogP) is 13.3. The largest absolute Gasteiger partial charge is 0.394 e. The van der Waals surface area contributed by atoms with E-state index in [9.17, 15) is 45.6 Å². The maximum absolute atomic E-state index is 13.3. The highest BCUT2D eigenvalue weighted by atomic mass is 16.7. The maximum Gasteiger partial charge on any atom is 0.220 e. The second-order valence-corrected chi connectivity index (χ2v) is 24.3. The smallest absolute Gasteiger partial charge is 0.220 e. The SMILES string of the molecule is CCCC/C=C/CC/C=C/CC/C=C/C(O)C(COC1OC(CO)C(OC2OC(CO)C(O)C(O)C2O)C(O)C1O)NC(=O)CCCCCCCCCCCCCCCCCCCCCCCCCCCCCCCCCCCCCC. The molecule has 1 amide bonds. The summed E-state index contributed by atoms with van der Waals surface area (Å²) in [7, 11) is 0. The molecule has 2 saturated heterocycles. The van der Waals surface area contributed by atoms with E-state index in [0.29, 0.717) is 12.8 Å². The first-order chi connectivity index (χ1) is 40.1. The first kappa shape index (κ1) is 76.3. The number of hydrogen-bond donors (Lipinski definition) is 9. The van der Waals surface area contributed by atoms with Crippen molar-refractivity contribution in [3.8, 4) is 0 Å². The highest BCUT2D eigenvalue weighted by Gasteiger charge is 2.51.